The first-order valence-corrected chi connectivity index (χ1v) is 6.29. The molecule has 0 spiro atoms. The van der Waals surface area contributed by atoms with Gasteiger partial charge in [-0.05, 0) is 42.9 Å². The first-order valence-electron chi connectivity index (χ1n) is 6.29. The normalized spacial score (nSPS) is 44.3. The lowest BCUT2D eigenvalue weighted by Gasteiger charge is -2.44. The van der Waals surface area contributed by atoms with Crippen LogP contribution in [0.25, 0.3) is 0 Å². The van der Waals surface area contributed by atoms with E-state index in [0.717, 1.165) is 5.92 Å². The van der Waals surface area contributed by atoms with Gasteiger partial charge in [0.15, 0.2) is 0 Å². The molecule has 2 bridgehead atoms. The Morgan fingerprint density at radius 1 is 1.40 bits per heavy atom. The predicted octanol–water partition coefficient (Wildman–Crippen LogP) is 3.37. The van der Waals surface area contributed by atoms with Crippen LogP contribution in [0.5, 0.6) is 0 Å². The molecule has 2 fully saturated rings. The van der Waals surface area contributed by atoms with Crippen LogP contribution < -0.4 is 5.32 Å². The van der Waals surface area contributed by atoms with Gasteiger partial charge in [0.05, 0.1) is 0 Å². The molecule has 0 aliphatic heterocycles. The average molecular weight is 207 g/mol. The zero-order chi connectivity index (χ0) is 11.3. The molecule has 0 heterocycles. The summed E-state index contributed by atoms with van der Waals surface area (Å²) in [7, 11) is 0. The second-order valence-electron chi connectivity index (χ2n) is 6.54. The molecule has 2 aliphatic carbocycles. The van der Waals surface area contributed by atoms with Crippen molar-refractivity contribution in [3.8, 4) is 0 Å². The summed E-state index contributed by atoms with van der Waals surface area (Å²) in [6, 6.07) is 1.10. The second kappa shape index (κ2) is 3.35. The maximum Gasteiger partial charge on any atom is 0.0222 e. The second-order valence-corrected chi connectivity index (χ2v) is 6.54. The third kappa shape index (κ3) is 1.56. The van der Waals surface area contributed by atoms with E-state index in [-0.39, 0.29) is 0 Å². The Hall–Kier alpha value is -0.300. The average Bonchev–Trinajstić information content (AvgIpc) is 2.63. The summed E-state index contributed by atoms with van der Waals surface area (Å²) in [5.41, 5.74) is 0.996. The quantitative estimate of drug-likeness (QED) is 0.700. The third-order valence-corrected chi connectivity index (χ3v) is 5.05. The third-order valence-electron chi connectivity index (χ3n) is 5.05. The molecule has 15 heavy (non-hydrogen) atoms. The summed E-state index contributed by atoms with van der Waals surface area (Å²) in [4.78, 5) is 0. The minimum atomic E-state index is 0.436. The van der Waals surface area contributed by atoms with E-state index in [2.05, 4.69) is 39.6 Å². The minimum Gasteiger partial charge on any atom is -0.307 e. The van der Waals surface area contributed by atoms with E-state index >= 15 is 0 Å². The van der Waals surface area contributed by atoms with E-state index in [0.29, 0.717) is 22.9 Å². The van der Waals surface area contributed by atoms with Crippen molar-refractivity contribution in [2.75, 3.05) is 0 Å². The maximum absolute atomic E-state index is 3.87. The summed E-state index contributed by atoms with van der Waals surface area (Å²) >= 11 is 0. The molecule has 0 aromatic carbocycles. The molecule has 1 nitrogen and oxygen atoms in total. The lowest BCUT2D eigenvalue weighted by molar-refractivity contribution is 0.105. The lowest BCUT2D eigenvalue weighted by Crippen LogP contribution is -2.52. The Bertz CT molecular complexity index is 264. The number of nitrogens with one attached hydrogen (secondary N) is 1. The highest BCUT2D eigenvalue weighted by Crippen LogP contribution is 2.62. The van der Waals surface area contributed by atoms with Gasteiger partial charge in [0.1, 0.15) is 0 Å². The van der Waals surface area contributed by atoms with Crippen LogP contribution in [0, 0.1) is 16.7 Å². The molecule has 0 radical (unpaired) electrons. The van der Waals surface area contributed by atoms with Crippen LogP contribution in [0.3, 0.4) is 0 Å². The van der Waals surface area contributed by atoms with Crippen molar-refractivity contribution in [2.45, 2.75) is 59.0 Å². The van der Waals surface area contributed by atoms with Crippen molar-refractivity contribution in [3.05, 3.63) is 12.7 Å². The molecular formula is C14H25N. The Morgan fingerprint density at radius 2 is 2.07 bits per heavy atom. The smallest absolute Gasteiger partial charge is 0.0222 e. The summed E-state index contributed by atoms with van der Waals surface area (Å²) in [6.45, 7) is 13.4. The fourth-order valence-corrected chi connectivity index (χ4v) is 4.05. The van der Waals surface area contributed by atoms with Gasteiger partial charge >= 0.3 is 0 Å². The van der Waals surface area contributed by atoms with Gasteiger partial charge in [-0.2, -0.15) is 0 Å². The SMILES string of the molecule is C=CC(C)NC1C2(C)CCC(C2)C1(C)C. The van der Waals surface area contributed by atoms with E-state index in [1.807, 2.05) is 6.08 Å². The van der Waals surface area contributed by atoms with Crippen molar-refractivity contribution >= 4 is 0 Å². The fourth-order valence-electron chi connectivity index (χ4n) is 4.05. The molecule has 2 saturated carbocycles. The van der Waals surface area contributed by atoms with Crippen molar-refractivity contribution < 1.29 is 0 Å². The van der Waals surface area contributed by atoms with Gasteiger partial charge in [-0.15, -0.1) is 6.58 Å². The number of hydrogen-bond donors (Lipinski definition) is 1. The van der Waals surface area contributed by atoms with Crippen LogP contribution in [0.1, 0.15) is 47.0 Å². The maximum atomic E-state index is 3.87. The molecule has 0 amide bonds. The van der Waals surface area contributed by atoms with Crippen molar-refractivity contribution in [1.29, 1.82) is 0 Å². The van der Waals surface area contributed by atoms with Gasteiger partial charge in [0, 0.05) is 12.1 Å². The highest BCUT2D eigenvalue weighted by atomic mass is 15.0. The standard InChI is InChI=1S/C14H25N/c1-6-10(2)15-12-13(3,4)11-7-8-14(12,5)9-11/h6,10-12,15H,1,7-9H2,2-5H3. The predicted molar refractivity (Wildman–Crippen MR) is 65.8 cm³/mol. The monoisotopic (exact) mass is 207 g/mol. The highest BCUT2D eigenvalue weighted by molar-refractivity contribution is 5.13. The van der Waals surface area contributed by atoms with Crippen LogP contribution in [0.4, 0.5) is 0 Å². The Morgan fingerprint density at radius 3 is 2.53 bits per heavy atom. The van der Waals surface area contributed by atoms with E-state index in [1.165, 1.54) is 19.3 Å². The molecule has 1 N–H and O–H groups in total. The van der Waals surface area contributed by atoms with Crippen LogP contribution >= 0.6 is 0 Å². The Balaban J connectivity index is 2.19. The zero-order valence-electron chi connectivity index (χ0n) is 10.6. The van der Waals surface area contributed by atoms with E-state index in [4.69, 9.17) is 0 Å². The zero-order valence-corrected chi connectivity index (χ0v) is 10.6. The number of rotatable bonds is 3. The molecule has 0 aromatic rings. The molecule has 0 saturated heterocycles. The summed E-state index contributed by atoms with van der Waals surface area (Å²) < 4.78 is 0. The van der Waals surface area contributed by atoms with Crippen molar-refractivity contribution in [1.82, 2.24) is 5.32 Å². The lowest BCUT2D eigenvalue weighted by atomic mass is 9.68. The van der Waals surface area contributed by atoms with Crippen molar-refractivity contribution in [2.24, 2.45) is 16.7 Å². The molecule has 4 unspecified atom stereocenters. The Kier molecular flexibility index (Phi) is 2.50. The molecule has 4 atom stereocenters. The first kappa shape index (κ1) is 11.2. The first-order chi connectivity index (χ1) is 6.90. The fraction of sp³-hybridized carbons (Fsp3) is 0.857. The summed E-state index contributed by atoms with van der Waals surface area (Å²) in [5.74, 6) is 0.928. The number of fused-ring (bicyclic) bond motifs is 2. The highest BCUT2D eigenvalue weighted by Gasteiger charge is 2.59. The molecule has 2 rings (SSSR count). The van der Waals surface area contributed by atoms with E-state index < -0.39 is 0 Å². The molecule has 1 heteroatoms. The van der Waals surface area contributed by atoms with Gasteiger partial charge in [-0.3, -0.25) is 0 Å². The number of hydrogen-bond acceptors (Lipinski definition) is 1. The molecule has 86 valence electrons. The van der Waals surface area contributed by atoms with E-state index in [9.17, 15) is 0 Å². The summed E-state index contributed by atoms with van der Waals surface area (Å²) in [6.07, 6.45) is 6.28. The molecular weight excluding hydrogens is 182 g/mol. The Labute approximate surface area is 94.3 Å². The van der Waals surface area contributed by atoms with Gasteiger partial charge in [-0.25, -0.2) is 0 Å². The van der Waals surface area contributed by atoms with Crippen LogP contribution in [-0.2, 0) is 0 Å². The van der Waals surface area contributed by atoms with Gasteiger partial charge in [0.25, 0.3) is 0 Å². The van der Waals surface area contributed by atoms with Crippen LogP contribution in [-0.4, -0.2) is 12.1 Å². The van der Waals surface area contributed by atoms with Gasteiger partial charge < -0.3 is 5.32 Å². The topological polar surface area (TPSA) is 12.0 Å². The minimum absolute atomic E-state index is 0.436. The molecule has 0 aromatic heterocycles. The van der Waals surface area contributed by atoms with Gasteiger partial charge in [0.2, 0.25) is 0 Å². The molecule has 2 aliphatic rings. The van der Waals surface area contributed by atoms with Crippen LogP contribution in [0.2, 0.25) is 0 Å². The van der Waals surface area contributed by atoms with Crippen LogP contribution in [0.15, 0.2) is 12.7 Å². The largest absolute Gasteiger partial charge is 0.307 e. The van der Waals surface area contributed by atoms with E-state index in [1.54, 1.807) is 0 Å². The summed E-state index contributed by atoms with van der Waals surface area (Å²) in [5, 5.41) is 3.77. The van der Waals surface area contributed by atoms with Gasteiger partial charge in [-0.1, -0.05) is 26.8 Å². The van der Waals surface area contributed by atoms with Crippen molar-refractivity contribution in [3.63, 3.8) is 0 Å².